The Balaban J connectivity index is 1.72. The van der Waals surface area contributed by atoms with Crippen LogP contribution in [0.3, 0.4) is 0 Å². The van der Waals surface area contributed by atoms with Gasteiger partial charge in [-0.3, -0.25) is 9.89 Å². The first kappa shape index (κ1) is 12.4. The van der Waals surface area contributed by atoms with E-state index >= 15 is 0 Å². The molecule has 0 spiro atoms. The highest BCUT2D eigenvalue weighted by Gasteiger charge is 2.12. The number of aromatic amines is 1. The monoisotopic (exact) mass is 269 g/mol. The molecule has 6 heteroatoms. The number of nitrogens with zero attached hydrogens (tertiary/aromatic N) is 4. The van der Waals surface area contributed by atoms with Crippen molar-refractivity contribution in [2.45, 2.75) is 13.1 Å². The molecule has 1 aromatic carbocycles. The van der Waals surface area contributed by atoms with E-state index in [0.29, 0.717) is 6.54 Å². The van der Waals surface area contributed by atoms with Gasteiger partial charge in [-0.15, -0.1) is 0 Å². The molecule has 0 aliphatic carbocycles. The molecule has 0 aliphatic heterocycles. The van der Waals surface area contributed by atoms with Crippen molar-refractivity contribution in [1.29, 1.82) is 0 Å². The smallest absolute Gasteiger partial charge is 0.242 e. The van der Waals surface area contributed by atoms with Crippen molar-refractivity contribution in [3.8, 4) is 0 Å². The third-order valence-corrected chi connectivity index (χ3v) is 3.23. The Morgan fingerprint density at radius 2 is 2.25 bits per heavy atom. The first-order valence-electron chi connectivity index (χ1n) is 6.35. The minimum absolute atomic E-state index is 0.0364. The van der Waals surface area contributed by atoms with E-state index in [1.54, 1.807) is 30.7 Å². The topological polar surface area (TPSA) is 66.8 Å². The summed E-state index contributed by atoms with van der Waals surface area (Å²) in [5, 5.41) is 6.61. The molecule has 3 aromatic rings. The first-order chi connectivity index (χ1) is 9.74. The van der Waals surface area contributed by atoms with Gasteiger partial charge in [0.15, 0.2) is 0 Å². The molecule has 0 fully saturated rings. The number of carbonyl (C=O) groups is 1. The molecule has 1 N–H and O–H groups in total. The number of fused-ring (bicyclic) bond motifs is 1. The number of H-pyrrole nitrogens is 1. The van der Waals surface area contributed by atoms with Gasteiger partial charge in [0.25, 0.3) is 0 Å². The highest BCUT2D eigenvalue weighted by Crippen LogP contribution is 2.12. The molecule has 0 radical (unpaired) electrons. The normalized spacial score (nSPS) is 10.8. The second-order valence-electron chi connectivity index (χ2n) is 4.72. The molecule has 0 saturated carbocycles. The van der Waals surface area contributed by atoms with Crippen LogP contribution in [0.4, 0.5) is 0 Å². The summed E-state index contributed by atoms with van der Waals surface area (Å²) in [4.78, 5) is 18.2. The fourth-order valence-electron chi connectivity index (χ4n) is 2.13. The second kappa shape index (κ2) is 5.16. The zero-order valence-electron chi connectivity index (χ0n) is 11.2. The number of nitrogens with one attached hydrogen (secondary N) is 1. The lowest BCUT2D eigenvalue weighted by Gasteiger charge is -2.16. The van der Waals surface area contributed by atoms with Crippen LogP contribution in [0, 0.1) is 0 Å². The SMILES string of the molecule is CN(Cc1cn[nH]c1)C(=O)Cn1cnc2ccccc21. The fourth-order valence-corrected chi connectivity index (χ4v) is 2.13. The number of likely N-dealkylation sites (N-methyl/N-ethyl adjacent to an activating group) is 1. The molecule has 6 nitrogen and oxygen atoms in total. The summed E-state index contributed by atoms with van der Waals surface area (Å²) in [5.41, 5.74) is 2.85. The van der Waals surface area contributed by atoms with Crippen molar-refractivity contribution < 1.29 is 4.79 Å². The van der Waals surface area contributed by atoms with Crippen LogP contribution < -0.4 is 0 Å². The lowest BCUT2D eigenvalue weighted by Crippen LogP contribution is -2.29. The number of para-hydroxylation sites is 2. The van der Waals surface area contributed by atoms with E-state index in [4.69, 9.17) is 0 Å². The van der Waals surface area contributed by atoms with Crippen LogP contribution in [0.2, 0.25) is 0 Å². The van der Waals surface area contributed by atoms with Gasteiger partial charge in [0.1, 0.15) is 6.54 Å². The molecule has 0 unspecified atom stereocenters. The zero-order chi connectivity index (χ0) is 13.9. The Hall–Kier alpha value is -2.63. The van der Waals surface area contributed by atoms with Crippen molar-refractivity contribution in [2.75, 3.05) is 7.05 Å². The Labute approximate surface area is 116 Å². The van der Waals surface area contributed by atoms with Crippen molar-refractivity contribution in [2.24, 2.45) is 0 Å². The molecular formula is C14H15N5O. The van der Waals surface area contributed by atoms with E-state index in [9.17, 15) is 4.79 Å². The van der Waals surface area contributed by atoms with Crippen molar-refractivity contribution in [3.05, 3.63) is 48.5 Å². The predicted octanol–water partition coefficient (Wildman–Crippen LogP) is 1.42. The maximum Gasteiger partial charge on any atom is 0.242 e. The Bertz CT molecular complexity index is 716. The minimum Gasteiger partial charge on any atom is -0.340 e. The number of aromatic nitrogens is 4. The summed E-state index contributed by atoms with van der Waals surface area (Å²) in [5.74, 6) is 0.0364. The van der Waals surface area contributed by atoms with E-state index < -0.39 is 0 Å². The molecule has 0 aliphatic rings. The fraction of sp³-hybridized carbons (Fsp3) is 0.214. The van der Waals surface area contributed by atoms with Gasteiger partial charge in [0.05, 0.1) is 23.6 Å². The highest BCUT2D eigenvalue weighted by atomic mass is 16.2. The van der Waals surface area contributed by atoms with Crippen LogP contribution in [0.25, 0.3) is 11.0 Å². The summed E-state index contributed by atoms with van der Waals surface area (Å²) in [6.07, 6.45) is 5.21. The van der Waals surface area contributed by atoms with E-state index in [0.717, 1.165) is 16.6 Å². The molecular weight excluding hydrogens is 254 g/mol. The Morgan fingerprint density at radius 1 is 1.40 bits per heavy atom. The molecule has 102 valence electrons. The van der Waals surface area contributed by atoms with Gasteiger partial charge in [-0.1, -0.05) is 12.1 Å². The largest absolute Gasteiger partial charge is 0.340 e. The molecule has 0 atom stereocenters. The molecule has 20 heavy (non-hydrogen) atoms. The number of benzene rings is 1. The molecule has 3 rings (SSSR count). The summed E-state index contributed by atoms with van der Waals surface area (Å²) in [6, 6.07) is 7.78. The maximum absolute atomic E-state index is 12.2. The van der Waals surface area contributed by atoms with Crippen LogP contribution in [0.5, 0.6) is 0 Å². The average Bonchev–Trinajstić information content (AvgIpc) is 3.09. The molecule has 0 saturated heterocycles. The number of imidazole rings is 1. The van der Waals surface area contributed by atoms with Gasteiger partial charge in [-0.2, -0.15) is 5.10 Å². The average molecular weight is 269 g/mol. The van der Waals surface area contributed by atoms with Gasteiger partial charge < -0.3 is 9.47 Å². The number of rotatable bonds is 4. The third kappa shape index (κ3) is 2.40. The number of amides is 1. The van der Waals surface area contributed by atoms with E-state index in [1.807, 2.05) is 28.8 Å². The van der Waals surface area contributed by atoms with Gasteiger partial charge in [-0.05, 0) is 12.1 Å². The lowest BCUT2D eigenvalue weighted by atomic mass is 10.3. The van der Waals surface area contributed by atoms with Crippen molar-refractivity contribution >= 4 is 16.9 Å². The number of hydrogen-bond acceptors (Lipinski definition) is 3. The Morgan fingerprint density at radius 3 is 3.05 bits per heavy atom. The minimum atomic E-state index is 0.0364. The standard InChI is InChI=1S/C14H15N5O/c1-18(8-11-6-16-17-7-11)14(20)9-19-10-15-12-4-2-3-5-13(12)19/h2-7,10H,8-9H2,1H3,(H,16,17). The second-order valence-corrected chi connectivity index (χ2v) is 4.72. The molecule has 1 amide bonds. The third-order valence-electron chi connectivity index (χ3n) is 3.23. The van der Waals surface area contributed by atoms with Crippen LogP contribution in [0.1, 0.15) is 5.56 Å². The number of hydrogen-bond donors (Lipinski definition) is 1. The first-order valence-corrected chi connectivity index (χ1v) is 6.35. The van der Waals surface area contributed by atoms with Crippen LogP contribution in [-0.4, -0.2) is 37.6 Å². The zero-order valence-corrected chi connectivity index (χ0v) is 11.2. The van der Waals surface area contributed by atoms with E-state index in [-0.39, 0.29) is 12.5 Å². The van der Waals surface area contributed by atoms with Crippen LogP contribution in [0.15, 0.2) is 43.0 Å². The van der Waals surface area contributed by atoms with Crippen LogP contribution >= 0.6 is 0 Å². The van der Waals surface area contributed by atoms with E-state index in [2.05, 4.69) is 15.2 Å². The molecule has 2 aromatic heterocycles. The molecule has 0 bridgehead atoms. The highest BCUT2D eigenvalue weighted by molar-refractivity contribution is 5.80. The van der Waals surface area contributed by atoms with Gasteiger partial charge in [0.2, 0.25) is 5.91 Å². The molecule has 2 heterocycles. The predicted molar refractivity (Wildman–Crippen MR) is 74.8 cm³/mol. The lowest BCUT2D eigenvalue weighted by molar-refractivity contribution is -0.131. The van der Waals surface area contributed by atoms with Gasteiger partial charge in [-0.25, -0.2) is 4.98 Å². The summed E-state index contributed by atoms with van der Waals surface area (Å²) >= 11 is 0. The summed E-state index contributed by atoms with van der Waals surface area (Å²) < 4.78 is 1.86. The van der Waals surface area contributed by atoms with Crippen molar-refractivity contribution in [3.63, 3.8) is 0 Å². The Kier molecular flexibility index (Phi) is 3.20. The van der Waals surface area contributed by atoms with Crippen molar-refractivity contribution in [1.82, 2.24) is 24.6 Å². The maximum atomic E-state index is 12.2. The van der Waals surface area contributed by atoms with Gasteiger partial charge >= 0.3 is 0 Å². The van der Waals surface area contributed by atoms with Crippen LogP contribution in [-0.2, 0) is 17.9 Å². The van der Waals surface area contributed by atoms with Gasteiger partial charge in [0, 0.05) is 25.4 Å². The number of carbonyl (C=O) groups excluding carboxylic acids is 1. The quantitative estimate of drug-likeness (QED) is 0.779. The summed E-state index contributed by atoms with van der Waals surface area (Å²) in [7, 11) is 1.79. The summed E-state index contributed by atoms with van der Waals surface area (Å²) in [6.45, 7) is 0.830. The van der Waals surface area contributed by atoms with E-state index in [1.165, 1.54) is 0 Å².